The molecule has 2 aromatic heterocycles. The molecule has 0 aliphatic rings. The first-order valence-electron chi connectivity index (χ1n) is 18.9. The highest BCUT2D eigenvalue weighted by Crippen LogP contribution is 2.24. The van der Waals surface area contributed by atoms with Crippen molar-refractivity contribution in [3.05, 3.63) is 60.2 Å². The van der Waals surface area contributed by atoms with Crippen molar-refractivity contribution >= 4 is 33.9 Å². The van der Waals surface area contributed by atoms with E-state index in [2.05, 4.69) is 57.9 Å². The number of rotatable bonds is 23. The molecule has 2 heterocycles. The minimum Gasteiger partial charge on any atom is -0.346 e. The van der Waals surface area contributed by atoms with E-state index in [0.29, 0.717) is 25.7 Å². The average Bonchev–Trinajstić information content (AvgIpc) is 3.65. The zero-order valence-electron chi connectivity index (χ0n) is 30.1. The van der Waals surface area contributed by atoms with E-state index in [9.17, 15) is 9.59 Å². The van der Waals surface area contributed by atoms with E-state index in [1.807, 2.05) is 38.1 Å². The smallest absolute Gasteiger partial charge is 0.220 e. The molecule has 0 aliphatic heterocycles. The molecule has 48 heavy (non-hydrogen) atoms. The number of nitrogens with one attached hydrogen (secondary N) is 2. The molecule has 262 valence electrons. The number of carbonyl (C=O) groups excluding carboxylic acids is 2. The molecule has 0 radical (unpaired) electrons. The van der Waals surface area contributed by atoms with Crippen molar-refractivity contribution in [2.24, 2.45) is 0 Å². The number of unbranched alkanes of at least 4 members (excludes halogenated alkanes) is 11. The molecule has 4 rings (SSSR count). The zero-order chi connectivity index (χ0) is 34.1. The first-order chi connectivity index (χ1) is 23.4. The molecular formula is C40H60N6O2. The molecule has 0 fully saturated rings. The lowest BCUT2D eigenvalue weighted by molar-refractivity contribution is -0.123. The van der Waals surface area contributed by atoms with Gasteiger partial charge in [-0.2, -0.15) is 0 Å². The molecule has 2 amide bonds. The Bertz CT molecular complexity index is 1440. The van der Waals surface area contributed by atoms with Crippen LogP contribution in [0.3, 0.4) is 0 Å². The Morgan fingerprint density at radius 2 is 0.938 bits per heavy atom. The number of hydrogen-bond donors (Lipinski definition) is 2. The highest BCUT2D eigenvalue weighted by molar-refractivity contribution is 5.79. The summed E-state index contributed by atoms with van der Waals surface area (Å²) in [5.41, 5.74) is 4.19. The number of fused-ring (bicyclic) bond motifs is 2. The number of imidazole rings is 2. The van der Waals surface area contributed by atoms with Crippen molar-refractivity contribution in [1.29, 1.82) is 0 Å². The van der Waals surface area contributed by atoms with Gasteiger partial charge < -0.3 is 19.8 Å². The number of carbonyl (C=O) groups is 2. The van der Waals surface area contributed by atoms with Crippen LogP contribution >= 0.6 is 0 Å². The average molecular weight is 657 g/mol. The van der Waals surface area contributed by atoms with Crippen molar-refractivity contribution in [2.75, 3.05) is 0 Å². The van der Waals surface area contributed by atoms with Crippen molar-refractivity contribution in [3.63, 3.8) is 0 Å². The number of aromatic nitrogens is 4. The van der Waals surface area contributed by atoms with Crippen molar-refractivity contribution in [3.8, 4) is 0 Å². The predicted octanol–water partition coefficient (Wildman–Crippen LogP) is 9.72. The van der Waals surface area contributed by atoms with Gasteiger partial charge in [-0.25, -0.2) is 9.97 Å². The maximum absolute atomic E-state index is 12.9. The summed E-state index contributed by atoms with van der Waals surface area (Å²) in [4.78, 5) is 35.7. The van der Waals surface area contributed by atoms with Crippen molar-refractivity contribution < 1.29 is 9.59 Å². The molecular weight excluding hydrogens is 596 g/mol. The predicted molar refractivity (Wildman–Crippen MR) is 198 cm³/mol. The van der Waals surface area contributed by atoms with Crippen molar-refractivity contribution in [2.45, 2.75) is 156 Å². The Kier molecular flexibility index (Phi) is 15.5. The minimum atomic E-state index is -0.190. The minimum absolute atomic E-state index is 0.00198. The first-order valence-corrected chi connectivity index (χ1v) is 18.9. The van der Waals surface area contributed by atoms with Gasteiger partial charge in [0.2, 0.25) is 11.8 Å². The number of amides is 2. The van der Waals surface area contributed by atoms with E-state index < -0.39 is 0 Å². The molecule has 0 saturated carbocycles. The summed E-state index contributed by atoms with van der Waals surface area (Å²) in [7, 11) is 0. The molecule has 2 aromatic carbocycles. The van der Waals surface area contributed by atoms with Crippen LogP contribution in [0.1, 0.15) is 154 Å². The molecule has 0 spiro atoms. The second-order valence-corrected chi connectivity index (χ2v) is 13.5. The second kappa shape index (κ2) is 20.0. The molecule has 0 saturated heterocycles. The normalized spacial score (nSPS) is 12.8. The topological polar surface area (TPSA) is 93.8 Å². The van der Waals surface area contributed by atoms with Gasteiger partial charge in [0.25, 0.3) is 0 Å². The second-order valence-electron chi connectivity index (χ2n) is 13.5. The summed E-state index contributed by atoms with van der Waals surface area (Å²) in [5.74, 6) is 1.82. The third-order valence-corrected chi connectivity index (χ3v) is 9.43. The van der Waals surface area contributed by atoms with Crippen molar-refractivity contribution in [1.82, 2.24) is 29.7 Å². The van der Waals surface area contributed by atoms with Crippen LogP contribution in [-0.4, -0.2) is 30.9 Å². The Balaban J connectivity index is 1.23. The zero-order valence-corrected chi connectivity index (χ0v) is 30.1. The molecule has 2 N–H and O–H groups in total. The lowest BCUT2D eigenvalue weighted by atomic mass is 10.1. The molecule has 4 aromatic rings. The molecule has 0 aliphatic carbocycles. The Morgan fingerprint density at radius 1 is 0.562 bits per heavy atom. The van der Waals surface area contributed by atoms with Crippen LogP contribution in [0.4, 0.5) is 0 Å². The highest BCUT2D eigenvalue weighted by atomic mass is 16.2. The van der Waals surface area contributed by atoms with Crippen LogP contribution < -0.4 is 10.6 Å². The van der Waals surface area contributed by atoms with Gasteiger partial charge in [-0.3, -0.25) is 9.59 Å². The van der Waals surface area contributed by atoms with E-state index in [-0.39, 0.29) is 23.9 Å². The number of aryl methyl sites for hydroxylation is 2. The standard InChI is InChI=1S/C40H60N6O2/c1-5-7-9-11-13-21-29-45-35-25-17-15-23-33(35)43-39(45)31(3)41-37(47)27-19-20-28-38(48)42-32(4)40-44-34-24-16-18-26-36(34)46(40)30-22-14-12-10-8-6-2/h15-18,23-26,31-32H,5-14,19-22,27-30H2,1-4H3,(H,41,47)(H,42,48). The summed E-state index contributed by atoms with van der Waals surface area (Å²) in [6.45, 7) is 10.3. The summed E-state index contributed by atoms with van der Waals surface area (Å²) < 4.78 is 4.57. The van der Waals surface area contributed by atoms with Crippen LogP contribution in [0.5, 0.6) is 0 Å². The number of nitrogens with zero attached hydrogens (tertiary/aromatic N) is 4. The van der Waals surface area contributed by atoms with Crippen LogP contribution in [0.25, 0.3) is 22.1 Å². The van der Waals surface area contributed by atoms with E-state index >= 15 is 0 Å². The summed E-state index contributed by atoms with van der Waals surface area (Å²) in [6.07, 6.45) is 16.9. The molecule has 2 unspecified atom stereocenters. The summed E-state index contributed by atoms with van der Waals surface area (Å²) in [6, 6.07) is 16.1. The fraction of sp³-hybridized carbons (Fsp3) is 0.600. The third kappa shape index (κ3) is 10.9. The SMILES string of the molecule is CCCCCCCCn1c(C(C)NC(=O)CCCCC(=O)NC(C)c2nc3ccccc3n2CCCCCCCC)nc2ccccc21. The molecule has 8 nitrogen and oxygen atoms in total. The van der Waals surface area contributed by atoms with E-state index in [0.717, 1.165) is 59.6 Å². The van der Waals surface area contributed by atoms with Gasteiger partial charge in [-0.15, -0.1) is 0 Å². The van der Waals surface area contributed by atoms with Crippen LogP contribution in [0, 0.1) is 0 Å². The van der Waals surface area contributed by atoms with Gasteiger partial charge in [-0.1, -0.05) is 102 Å². The van der Waals surface area contributed by atoms with Gasteiger partial charge in [0.05, 0.1) is 34.2 Å². The lowest BCUT2D eigenvalue weighted by Crippen LogP contribution is -2.29. The third-order valence-electron chi connectivity index (χ3n) is 9.43. The fourth-order valence-electron chi connectivity index (χ4n) is 6.75. The lowest BCUT2D eigenvalue weighted by Gasteiger charge is -2.17. The van der Waals surface area contributed by atoms with Gasteiger partial charge in [-0.05, 0) is 63.8 Å². The first kappa shape index (κ1) is 37.1. The molecule has 8 heteroatoms. The summed E-state index contributed by atoms with van der Waals surface area (Å²) in [5, 5.41) is 6.35. The number of benzene rings is 2. The van der Waals surface area contributed by atoms with Gasteiger partial charge in [0.1, 0.15) is 11.6 Å². The van der Waals surface area contributed by atoms with E-state index in [4.69, 9.17) is 9.97 Å². The maximum atomic E-state index is 12.9. The van der Waals surface area contributed by atoms with Crippen LogP contribution in [0.15, 0.2) is 48.5 Å². The van der Waals surface area contributed by atoms with Gasteiger partial charge in [0.15, 0.2) is 0 Å². The number of para-hydroxylation sites is 4. The molecule has 2 atom stereocenters. The van der Waals surface area contributed by atoms with Crippen LogP contribution in [0.2, 0.25) is 0 Å². The quantitative estimate of drug-likeness (QED) is 0.0778. The van der Waals surface area contributed by atoms with Crippen LogP contribution in [-0.2, 0) is 22.7 Å². The fourth-order valence-corrected chi connectivity index (χ4v) is 6.75. The highest BCUT2D eigenvalue weighted by Gasteiger charge is 2.20. The largest absolute Gasteiger partial charge is 0.346 e. The van der Waals surface area contributed by atoms with E-state index in [1.54, 1.807) is 0 Å². The Hall–Kier alpha value is -3.68. The number of hydrogen-bond acceptors (Lipinski definition) is 4. The molecule has 0 bridgehead atoms. The monoisotopic (exact) mass is 656 g/mol. The maximum Gasteiger partial charge on any atom is 0.220 e. The Morgan fingerprint density at radius 3 is 1.35 bits per heavy atom. The Labute approximate surface area is 288 Å². The van der Waals surface area contributed by atoms with Gasteiger partial charge in [0, 0.05) is 25.9 Å². The van der Waals surface area contributed by atoms with E-state index in [1.165, 1.54) is 64.2 Å². The summed E-state index contributed by atoms with van der Waals surface area (Å²) >= 11 is 0. The van der Waals surface area contributed by atoms with Gasteiger partial charge >= 0.3 is 0 Å².